The largest absolute Gasteiger partial charge is 0.497 e. The first kappa shape index (κ1) is 18.7. The predicted molar refractivity (Wildman–Crippen MR) is 97.2 cm³/mol. The molecular formula is C19H14F3N5O2. The van der Waals surface area contributed by atoms with Crippen LogP contribution in [-0.2, 0) is 12.8 Å². The maximum Gasteiger partial charge on any atom is 0.451 e. The minimum Gasteiger partial charge on any atom is -0.497 e. The van der Waals surface area contributed by atoms with Gasteiger partial charge in [-0.2, -0.15) is 23.3 Å². The molecule has 4 aromatic rings. The monoisotopic (exact) mass is 401 g/mol. The topological polar surface area (TPSA) is 85.8 Å². The molecule has 0 saturated carbocycles. The number of nitrogens with zero attached hydrogens (tertiary/aromatic N) is 4. The van der Waals surface area contributed by atoms with E-state index < -0.39 is 12.0 Å². The maximum atomic E-state index is 13.1. The van der Waals surface area contributed by atoms with E-state index in [-0.39, 0.29) is 18.0 Å². The molecule has 4 rings (SSSR count). The fourth-order valence-electron chi connectivity index (χ4n) is 2.65. The number of benzene rings is 2. The molecule has 0 unspecified atom stereocenters. The van der Waals surface area contributed by atoms with Crippen molar-refractivity contribution >= 4 is 10.9 Å². The van der Waals surface area contributed by atoms with Crippen molar-refractivity contribution in [2.24, 2.45) is 0 Å². The van der Waals surface area contributed by atoms with E-state index in [9.17, 15) is 13.2 Å². The van der Waals surface area contributed by atoms with Gasteiger partial charge >= 0.3 is 6.18 Å². The van der Waals surface area contributed by atoms with Crippen LogP contribution in [0, 0.1) is 0 Å². The Balaban J connectivity index is 1.57. The molecule has 0 bridgehead atoms. The van der Waals surface area contributed by atoms with Crippen molar-refractivity contribution < 1.29 is 22.6 Å². The molecule has 1 N–H and O–H groups in total. The highest BCUT2D eigenvalue weighted by Crippen LogP contribution is 2.31. The fraction of sp³-hybridized carbons (Fsp3) is 0.158. The molecule has 0 amide bonds. The number of rotatable bonds is 5. The summed E-state index contributed by atoms with van der Waals surface area (Å²) in [6, 6.07) is 13.4. The van der Waals surface area contributed by atoms with E-state index in [1.165, 1.54) is 6.07 Å². The molecule has 0 spiro atoms. The summed E-state index contributed by atoms with van der Waals surface area (Å²) in [5, 5.41) is 7.19. The number of aromatic amines is 1. The Labute approximate surface area is 162 Å². The van der Waals surface area contributed by atoms with Crippen LogP contribution in [0.1, 0.15) is 11.6 Å². The molecule has 0 radical (unpaired) electrons. The molecule has 10 heteroatoms. The molecule has 0 fully saturated rings. The zero-order valence-electron chi connectivity index (χ0n) is 15.1. The minimum absolute atomic E-state index is 0.137. The number of nitrogens with one attached hydrogen (secondary N) is 1. The van der Waals surface area contributed by atoms with Gasteiger partial charge in [0, 0.05) is 5.56 Å². The van der Waals surface area contributed by atoms with E-state index in [1.807, 2.05) is 0 Å². The number of para-hydroxylation sites is 1. The third-order valence-electron chi connectivity index (χ3n) is 4.05. The molecular weight excluding hydrogens is 387 g/mol. The van der Waals surface area contributed by atoms with Crippen LogP contribution in [-0.4, -0.2) is 32.3 Å². The number of alkyl halides is 3. The normalized spacial score (nSPS) is 11.6. The van der Waals surface area contributed by atoms with Gasteiger partial charge in [-0.05, 0) is 36.4 Å². The average molecular weight is 401 g/mol. The zero-order chi connectivity index (χ0) is 20.4. The summed E-state index contributed by atoms with van der Waals surface area (Å²) in [5.41, 5.74) is 0.890. The Morgan fingerprint density at radius 3 is 2.45 bits per heavy atom. The molecule has 0 atom stereocenters. The van der Waals surface area contributed by atoms with Gasteiger partial charge in [0.2, 0.25) is 11.7 Å². The second kappa shape index (κ2) is 7.38. The van der Waals surface area contributed by atoms with Crippen LogP contribution in [0.5, 0.6) is 11.6 Å². The van der Waals surface area contributed by atoms with Gasteiger partial charge in [0.1, 0.15) is 12.4 Å². The number of halogens is 3. The van der Waals surface area contributed by atoms with Crippen LogP contribution in [0.15, 0.2) is 48.5 Å². The quantitative estimate of drug-likeness (QED) is 0.544. The molecule has 0 aliphatic heterocycles. The Morgan fingerprint density at radius 2 is 1.72 bits per heavy atom. The molecule has 148 valence electrons. The first-order valence-electron chi connectivity index (χ1n) is 8.46. The van der Waals surface area contributed by atoms with Crippen molar-refractivity contribution in [3.63, 3.8) is 0 Å². The van der Waals surface area contributed by atoms with Crippen molar-refractivity contribution in [3.05, 3.63) is 60.2 Å². The summed E-state index contributed by atoms with van der Waals surface area (Å²) in [5.74, 6) is 0.0267. The first-order chi connectivity index (χ1) is 13.9. The lowest BCUT2D eigenvalue weighted by molar-refractivity contribution is -0.145. The summed E-state index contributed by atoms with van der Waals surface area (Å²) in [6.45, 7) is -0.137. The summed E-state index contributed by atoms with van der Waals surface area (Å²) < 4.78 is 49.9. The summed E-state index contributed by atoms with van der Waals surface area (Å²) in [6.07, 6.45) is -4.68. The standard InChI is InChI=1S/C19H14F3N5O2/c1-28-12-8-6-11(7-9-12)16-24-15(26-27-16)10-29-17-13-4-2-3-5-14(13)23-18(25-17)19(20,21)22/h2-9H,10H2,1H3,(H,24,26,27). The van der Waals surface area contributed by atoms with Gasteiger partial charge in [0.05, 0.1) is 18.0 Å². The molecule has 29 heavy (non-hydrogen) atoms. The molecule has 0 aliphatic carbocycles. The van der Waals surface area contributed by atoms with Gasteiger partial charge in [-0.3, -0.25) is 5.10 Å². The number of ether oxygens (including phenoxy) is 2. The highest BCUT2D eigenvalue weighted by Gasteiger charge is 2.35. The van der Waals surface area contributed by atoms with E-state index in [1.54, 1.807) is 49.6 Å². The number of hydrogen-bond acceptors (Lipinski definition) is 6. The predicted octanol–water partition coefficient (Wildman–Crippen LogP) is 4.02. The van der Waals surface area contributed by atoms with Gasteiger partial charge < -0.3 is 9.47 Å². The van der Waals surface area contributed by atoms with Gasteiger partial charge in [0.15, 0.2) is 11.6 Å². The number of aromatic nitrogens is 5. The van der Waals surface area contributed by atoms with Gasteiger partial charge in [-0.15, -0.1) is 0 Å². The highest BCUT2D eigenvalue weighted by atomic mass is 19.4. The minimum atomic E-state index is -4.68. The molecule has 0 aliphatic rings. The number of hydrogen-bond donors (Lipinski definition) is 1. The van der Waals surface area contributed by atoms with E-state index in [0.29, 0.717) is 22.8 Å². The van der Waals surface area contributed by atoms with Crippen LogP contribution in [0.2, 0.25) is 0 Å². The van der Waals surface area contributed by atoms with Gasteiger partial charge in [-0.25, -0.2) is 9.97 Å². The van der Waals surface area contributed by atoms with Crippen LogP contribution < -0.4 is 9.47 Å². The maximum absolute atomic E-state index is 13.1. The lowest BCUT2D eigenvalue weighted by Crippen LogP contribution is -2.12. The van der Waals surface area contributed by atoms with Crippen molar-refractivity contribution in [3.8, 4) is 23.0 Å². The Morgan fingerprint density at radius 1 is 0.966 bits per heavy atom. The van der Waals surface area contributed by atoms with Crippen molar-refractivity contribution in [2.45, 2.75) is 12.8 Å². The molecule has 2 aromatic carbocycles. The van der Waals surface area contributed by atoms with Gasteiger partial charge in [0.25, 0.3) is 0 Å². The second-order valence-corrected chi connectivity index (χ2v) is 5.99. The van der Waals surface area contributed by atoms with Crippen molar-refractivity contribution in [1.29, 1.82) is 0 Å². The summed E-state index contributed by atoms with van der Waals surface area (Å²) >= 11 is 0. The Kier molecular flexibility index (Phi) is 4.75. The summed E-state index contributed by atoms with van der Waals surface area (Å²) in [4.78, 5) is 11.4. The van der Waals surface area contributed by atoms with Crippen LogP contribution >= 0.6 is 0 Å². The van der Waals surface area contributed by atoms with Crippen molar-refractivity contribution in [2.75, 3.05) is 7.11 Å². The zero-order valence-corrected chi connectivity index (χ0v) is 15.1. The van der Waals surface area contributed by atoms with E-state index in [0.717, 1.165) is 5.56 Å². The molecule has 2 aromatic heterocycles. The number of fused-ring (bicyclic) bond motifs is 1. The summed E-state index contributed by atoms with van der Waals surface area (Å²) in [7, 11) is 1.57. The molecule has 2 heterocycles. The third kappa shape index (κ3) is 3.96. The SMILES string of the molecule is COc1ccc(-c2n[nH]c(COc3nc(C(F)(F)F)nc4ccccc34)n2)cc1. The van der Waals surface area contributed by atoms with Crippen LogP contribution in [0.25, 0.3) is 22.3 Å². The van der Waals surface area contributed by atoms with E-state index in [2.05, 4.69) is 25.1 Å². The third-order valence-corrected chi connectivity index (χ3v) is 4.05. The Hall–Kier alpha value is -3.69. The lowest BCUT2D eigenvalue weighted by atomic mass is 10.2. The van der Waals surface area contributed by atoms with E-state index >= 15 is 0 Å². The Bertz CT molecular complexity index is 1140. The van der Waals surface area contributed by atoms with Gasteiger partial charge in [-0.1, -0.05) is 12.1 Å². The molecule has 7 nitrogen and oxygen atoms in total. The number of H-pyrrole nitrogens is 1. The highest BCUT2D eigenvalue weighted by molar-refractivity contribution is 5.83. The lowest BCUT2D eigenvalue weighted by Gasteiger charge is -2.10. The van der Waals surface area contributed by atoms with E-state index in [4.69, 9.17) is 9.47 Å². The first-order valence-corrected chi connectivity index (χ1v) is 8.46. The van der Waals surface area contributed by atoms with Crippen molar-refractivity contribution in [1.82, 2.24) is 25.1 Å². The molecule has 0 saturated heterocycles. The number of methoxy groups -OCH3 is 1. The smallest absolute Gasteiger partial charge is 0.451 e. The van der Waals surface area contributed by atoms with Crippen LogP contribution in [0.3, 0.4) is 0 Å². The second-order valence-electron chi connectivity index (χ2n) is 5.99. The van der Waals surface area contributed by atoms with Crippen LogP contribution in [0.4, 0.5) is 13.2 Å². The average Bonchev–Trinajstić information content (AvgIpc) is 3.20. The fourth-order valence-corrected chi connectivity index (χ4v) is 2.65.